The zero-order chi connectivity index (χ0) is 8.55. The molecule has 0 saturated heterocycles. The summed E-state index contributed by atoms with van der Waals surface area (Å²) in [5.74, 6) is 0.428. The molecule has 0 atom stereocenters. The second kappa shape index (κ2) is 2.57. The van der Waals surface area contributed by atoms with Crippen molar-refractivity contribution < 1.29 is 0 Å². The molecule has 0 aliphatic carbocycles. The predicted octanol–water partition coefficient (Wildman–Crippen LogP) is 1.26. The number of halogens is 1. The van der Waals surface area contributed by atoms with Crippen LogP contribution < -0.4 is 5.73 Å². The Balaban J connectivity index is 2.80. The summed E-state index contributed by atoms with van der Waals surface area (Å²) in [4.78, 5) is 11.7. The van der Waals surface area contributed by atoms with E-state index < -0.39 is 0 Å². The van der Waals surface area contributed by atoms with Crippen molar-refractivity contribution in [2.45, 2.75) is 0 Å². The fraction of sp³-hybridized carbons (Fsp3) is 0. The first kappa shape index (κ1) is 7.24. The van der Waals surface area contributed by atoms with Crippen molar-refractivity contribution in [3.05, 3.63) is 23.6 Å². The van der Waals surface area contributed by atoms with Crippen LogP contribution in [-0.2, 0) is 0 Å². The number of fused-ring (bicyclic) bond motifs is 1. The van der Waals surface area contributed by atoms with Crippen LogP contribution in [0.4, 0.5) is 5.82 Å². The highest BCUT2D eigenvalue weighted by molar-refractivity contribution is 6.28. The van der Waals surface area contributed by atoms with E-state index in [0.717, 1.165) is 5.39 Å². The summed E-state index contributed by atoms with van der Waals surface area (Å²) < 4.78 is 0. The Labute approximate surface area is 73.4 Å². The Morgan fingerprint density at radius 2 is 2.08 bits per heavy atom. The third-order valence-electron chi connectivity index (χ3n) is 1.44. The molecule has 2 aromatic heterocycles. The number of pyridine rings is 1. The monoisotopic (exact) mass is 180 g/mol. The molecular weight excluding hydrogens is 176 g/mol. The molecule has 4 nitrogen and oxygen atoms in total. The van der Waals surface area contributed by atoms with Crippen molar-refractivity contribution in [2.24, 2.45) is 0 Å². The van der Waals surface area contributed by atoms with Gasteiger partial charge in [0.1, 0.15) is 5.82 Å². The molecule has 12 heavy (non-hydrogen) atoms. The number of nitrogens with two attached hydrogens (primary N) is 1. The van der Waals surface area contributed by atoms with E-state index in [-0.39, 0.29) is 5.28 Å². The number of aromatic nitrogens is 3. The minimum atomic E-state index is 0.181. The number of nitrogens with zero attached hydrogens (tertiary/aromatic N) is 3. The molecular formula is C7H5ClN4. The average Bonchev–Trinajstić information content (AvgIpc) is 2.03. The number of hydrogen-bond donors (Lipinski definition) is 1. The van der Waals surface area contributed by atoms with E-state index in [2.05, 4.69) is 15.0 Å². The van der Waals surface area contributed by atoms with E-state index in [4.69, 9.17) is 17.3 Å². The first-order valence-electron chi connectivity index (χ1n) is 3.30. The van der Waals surface area contributed by atoms with Crippen molar-refractivity contribution in [3.63, 3.8) is 0 Å². The van der Waals surface area contributed by atoms with Crippen LogP contribution in [0.15, 0.2) is 18.3 Å². The molecule has 0 aromatic carbocycles. The molecule has 0 unspecified atom stereocenters. The molecule has 2 rings (SSSR count). The Bertz CT molecular complexity index is 392. The Morgan fingerprint density at radius 1 is 1.25 bits per heavy atom. The lowest BCUT2D eigenvalue weighted by Crippen LogP contribution is -1.92. The van der Waals surface area contributed by atoms with Gasteiger partial charge in [-0.3, -0.25) is 0 Å². The van der Waals surface area contributed by atoms with E-state index >= 15 is 0 Å². The molecule has 5 heteroatoms. The zero-order valence-corrected chi connectivity index (χ0v) is 6.78. The smallest absolute Gasteiger partial charge is 0.224 e. The molecule has 60 valence electrons. The third-order valence-corrected chi connectivity index (χ3v) is 1.62. The molecule has 0 saturated carbocycles. The average molecular weight is 181 g/mol. The van der Waals surface area contributed by atoms with Crippen molar-refractivity contribution in [3.8, 4) is 0 Å². The normalized spacial score (nSPS) is 10.4. The lowest BCUT2D eigenvalue weighted by atomic mass is 10.3. The molecule has 0 radical (unpaired) electrons. The molecule has 0 aliphatic rings. The zero-order valence-electron chi connectivity index (χ0n) is 6.03. The molecule has 0 fully saturated rings. The van der Waals surface area contributed by atoms with Crippen LogP contribution in [0.5, 0.6) is 0 Å². The van der Waals surface area contributed by atoms with E-state index in [0.29, 0.717) is 11.5 Å². The van der Waals surface area contributed by atoms with Crippen LogP contribution in [0.2, 0.25) is 5.28 Å². The van der Waals surface area contributed by atoms with E-state index in [1.54, 1.807) is 18.3 Å². The van der Waals surface area contributed by atoms with Crippen molar-refractivity contribution in [2.75, 3.05) is 5.73 Å². The van der Waals surface area contributed by atoms with Crippen LogP contribution in [-0.4, -0.2) is 15.0 Å². The molecule has 2 heterocycles. The molecule has 0 aliphatic heterocycles. The van der Waals surface area contributed by atoms with Gasteiger partial charge in [0, 0.05) is 11.6 Å². The van der Waals surface area contributed by atoms with Gasteiger partial charge < -0.3 is 5.73 Å². The summed E-state index contributed by atoms with van der Waals surface area (Å²) in [5.41, 5.74) is 5.98. The van der Waals surface area contributed by atoms with Gasteiger partial charge in [0.05, 0.1) is 0 Å². The largest absolute Gasteiger partial charge is 0.384 e. The maximum absolute atomic E-state index is 5.57. The van der Waals surface area contributed by atoms with Crippen molar-refractivity contribution in [1.82, 2.24) is 15.0 Å². The standard InChI is InChI=1S/C7H5ClN4/c8-7-10-3-4-1-2-5(9)11-6(4)12-7/h1-3H,(H2,9,10,11,12). The fourth-order valence-electron chi connectivity index (χ4n) is 0.903. The highest BCUT2D eigenvalue weighted by Gasteiger charge is 1.98. The minimum Gasteiger partial charge on any atom is -0.384 e. The fourth-order valence-corrected chi connectivity index (χ4v) is 1.03. The van der Waals surface area contributed by atoms with Gasteiger partial charge in [0.2, 0.25) is 5.28 Å². The highest BCUT2D eigenvalue weighted by Crippen LogP contribution is 2.11. The summed E-state index contributed by atoms with van der Waals surface area (Å²) >= 11 is 5.57. The third kappa shape index (κ3) is 1.16. The molecule has 2 N–H and O–H groups in total. The predicted molar refractivity (Wildman–Crippen MR) is 46.8 cm³/mol. The van der Waals surface area contributed by atoms with Crippen LogP contribution in [0, 0.1) is 0 Å². The molecule has 0 amide bonds. The number of hydrogen-bond acceptors (Lipinski definition) is 4. The second-order valence-corrected chi connectivity index (χ2v) is 2.63. The topological polar surface area (TPSA) is 64.7 Å². The Hall–Kier alpha value is -1.42. The maximum atomic E-state index is 5.57. The Morgan fingerprint density at radius 3 is 2.92 bits per heavy atom. The summed E-state index contributed by atoms with van der Waals surface area (Å²) in [6.45, 7) is 0. The quantitative estimate of drug-likeness (QED) is 0.620. The second-order valence-electron chi connectivity index (χ2n) is 2.29. The van der Waals surface area contributed by atoms with Gasteiger partial charge >= 0.3 is 0 Å². The van der Waals surface area contributed by atoms with Gasteiger partial charge in [0.25, 0.3) is 0 Å². The minimum absolute atomic E-state index is 0.181. The SMILES string of the molecule is Nc1ccc2cnc(Cl)nc2n1. The molecule has 0 spiro atoms. The first-order chi connectivity index (χ1) is 5.75. The lowest BCUT2D eigenvalue weighted by Gasteiger charge is -1.96. The van der Waals surface area contributed by atoms with Crippen LogP contribution in [0.3, 0.4) is 0 Å². The lowest BCUT2D eigenvalue weighted by molar-refractivity contribution is 1.18. The van der Waals surface area contributed by atoms with E-state index in [9.17, 15) is 0 Å². The molecule has 2 aromatic rings. The number of anilines is 1. The highest BCUT2D eigenvalue weighted by atomic mass is 35.5. The van der Waals surface area contributed by atoms with E-state index in [1.807, 2.05) is 0 Å². The summed E-state index contributed by atoms with van der Waals surface area (Å²) in [5, 5.41) is 1.01. The summed E-state index contributed by atoms with van der Waals surface area (Å²) in [6.07, 6.45) is 1.61. The number of nitrogen functional groups attached to an aromatic ring is 1. The van der Waals surface area contributed by atoms with Crippen molar-refractivity contribution >= 4 is 28.5 Å². The number of rotatable bonds is 0. The van der Waals surface area contributed by atoms with Gasteiger partial charge in [-0.1, -0.05) is 0 Å². The Kier molecular flexibility index (Phi) is 1.55. The van der Waals surface area contributed by atoms with Crippen molar-refractivity contribution in [1.29, 1.82) is 0 Å². The van der Waals surface area contributed by atoms with Gasteiger partial charge in [-0.15, -0.1) is 0 Å². The van der Waals surface area contributed by atoms with Gasteiger partial charge in [0.15, 0.2) is 5.65 Å². The van der Waals surface area contributed by atoms with Gasteiger partial charge in [-0.25, -0.2) is 9.97 Å². The molecule has 0 bridgehead atoms. The van der Waals surface area contributed by atoms with Crippen LogP contribution in [0.1, 0.15) is 0 Å². The van der Waals surface area contributed by atoms with Gasteiger partial charge in [-0.2, -0.15) is 4.98 Å². The summed E-state index contributed by atoms with van der Waals surface area (Å²) in [6, 6.07) is 3.49. The van der Waals surface area contributed by atoms with Crippen LogP contribution >= 0.6 is 11.6 Å². The van der Waals surface area contributed by atoms with E-state index in [1.165, 1.54) is 0 Å². The maximum Gasteiger partial charge on any atom is 0.224 e. The van der Waals surface area contributed by atoms with Crippen LogP contribution in [0.25, 0.3) is 11.0 Å². The summed E-state index contributed by atoms with van der Waals surface area (Å²) in [7, 11) is 0. The first-order valence-corrected chi connectivity index (χ1v) is 3.68. The van der Waals surface area contributed by atoms with Gasteiger partial charge in [-0.05, 0) is 23.7 Å².